The Balaban J connectivity index is 1.89. The van der Waals surface area contributed by atoms with Crippen LogP contribution in [0.1, 0.15) is 0 Å². The van der Waals surface area contributed by atoms with E-state index in [1.165, 1.54) is 12.1 Å². The molecule has 0 aliphatic carbocycles. The molecule has 0 saturated heterocycles. The Labute approximate surface area is 135 Å². The van der Waals surface area contributed by atoms with Gasteiger partial charge in [0.1, 0.15) is 16.5 Å². The largest absolute Gasteiger partial charge is 0.506 e. The van der Waals surface area contributed by atoms with Crippen LogP contribution in [-0.4, -0.2) is 16.9 Å². The average molecular weight is 333 g/mol. The summed E-state index contributed by atoms with van der Waals surface area (Å²) in [5, 5.41) is 11.4. The zero-order valence-electron chi connectivity index (χ0n) is 11.6. The van der Waals surface area contributed by atoms with Crippen molar-refractivity contribution < 1.29 is 19.1 Å². The number of para-hydroxylation sites is 1. The second-order valence-corrected chi connectivity index (χ2v) is 5.14. The highest BCUT2D eigenvalue weighted by molar-refractivity contribution is 6.33. The molecule has 2 aromatic rings. The summed E-state index contributed by atoms with van der Waals surface area (Å²) in [6.07, 6.45) is 1.08. The quantitative estimate of drug-likeness (QED) is 0.669. The van der Waals surface area contributed by atoms with Gasteiger partial charge < -0.3 is 10.4 Å². The summed E-state index contributed by atoms with van der Waals surface area (Å²) in [7, 11) is 0. The Bertz CT molecular complexity index is 837. The van der Waals surface area contributed by atoms with E-state index in [1.54, 1.807) is 30.3 Å². The summed E-state index contributed by atoms with van der Waals surface area (Å²) in [6.45, 7) is 0. The van der Waals surface area contributed by atoms with Crippen LogP contribution >= 0.6 is 11.6 Å². The van der Waals surface area contributed by atoms with E-state index >= 15 is 0 Å². The van der Waals surface area contributed by atoms with Crippen molar-refractivity contribution in [1.82, 2.24) is 0 Å². The number of imide groups is 1. The van der Waals surface area contributed by atoms with Gasteiger partial charge in [0.25, 0.3) is 11.8 Å². The van der Waals surface area contributed by atoms with Gasteiger partial charge >= 0.3 is 0 Å². The van der Waals surface area contributed by atoms with E-state index in [1.807, 2.05) is 0 Å². The van der Waals surface area contributed by atoms with Crippen molar-refractivity contribution in [2.75, 3.05) is 10.2 Å². The van der Waals surface area contributed by atoms with Gasteiger partial charge in [0.05, 0.1) is 11.4 Å². The van der Waals surface area contributed by atoms with Crippen molar-refractivity contribution in [3.63, 3.8) is 0 Å². The highest BCUT2D eigenvalue weighted by atomic mass is 35.5. The first-order valence-corrected chi connectivity index (χ1v) is 6.96. The van der Waals surface area contributed by atoms with E-state index in [0.717, 1.165) is 11.0 Å². The lowest BCUT2D eigenvalue weighted by atomic mass is 10.2. The van der Waals surface area contributed by atoms with Gasteiger partial charge in [0.15, 0.2) is 5.82 Å². The second kappa shape index (κ2) is 5.73. The number of anilines is 2. The smallest absolute Gasteiger partial charge is 0.281 e. The van der Waals surface area contributed by atoms with Gasteiger partial charge in [-0.1, -0.05) is 29.8 Å². The second-order valence-electron chi connectivity index (χ2n) is 4.76. The molecule has 1 heterocycles. The first kappa shape index (κ1) is 15.1. The Morgan fingerprint density at radius 1 is 1.09 bits per heavy atom. The van der Waals surface area contributed by atoms with Crippen LogP contribution in [0.5, 0.6) is 5.75 Å². The third kappa shape index (κ3) is 2.64. The van der Waals surface area contributed by atoms with Crippen LogP contribution in [0.25, 0.3) is 0 Å². The summed E-state index contributed by atoms with van der Waals surface area (Å²) < 4.78 is 14.0. The minimum absolute atomic E-state index is 0.0838. The number of carbonyl (C=O) groups excluding carboxylic acids is 2. The minimum atomic E-state index is -0.911. The predicted molar refractivity (Wildman–Crippen MR) is 83.7 cm³/mol. The van der Waals surface area contributed by atoms with Crippen LogP contribution in [0.2, 0.25) is 5.02 Å². The Hall–Kier alpha value is -2.86. The number of phenolic OH excluding ortho intramolecular Hbond substituents is 1. The maximum absolute atomic E-state index is 14.0. The number of phenols is 1. The van der Waals surface area contributed by atoms with Crippen molar-refractivity contribution in [1.29, 1.82) is 0 Å². The lowest BCUT2D eigenvalue weighted by Gasteiger charge is -2.15. The van der Waals surface area contributed by atoms with E-state index in [2.05, 4.69) is 5.32 Å². The van der Waals surface area contributed by atoms with Crippen LogP contribution in [0.3, 0.4) is 0 Å². The Kier molecular flexibility index (Phi) is 3.75. The van der Waals surface area contributed by atoms with Gasteiger partial charge in [-0.3, -0.25) is 9.59 Å². The number of carbonyl (C=O) groups is 2. The summed E-state index contributed by atoms with van der Waals surface area (Å²) >= 11 is 5.61. The Morgan fingerprint density at radius 3 is 2.48 bits per heavy atom. The van der Waals surface area contributed by atoms with Crippen molar-refractivity contribution >= 4 is 34.8 Å². The van der Waals surface area contributed by atoms with Crippen molar-refractivity contribution in [3.8, 4) is 5.75 Å². The fourth-order valence-electron chi connectivity index (χ4n) is 2.16. The fourth-order valence-corrected chi connectivity index (χ4v) is 2.33. The molecular weight excluding hydrogens is 323 g/mol. The van der Waals surface area contributed by atoms with Crippen molar-refractivity contribution in [2.45, 2.75) is 0 Å². The van der Waals surface area contributed by atoms with Gasteiger partial charge in [-0.25, -0.2) is 9.29 Å². The number of nitrogens with one attached hydrogen (secondary N) is 1. The summed E-state index contributed by atoms with van der Waals surface area (Å²) in [5.41, 5.74) is 0.217. The average Bonchev–Trinajstić information content (AvgIpc) is 2.83. The standard InChI is InChI=1S/C16H10ClFN2O3/c17-14-12(21)7-6-10(15(14)18)19-11-8-13(22)20(16(11)23)9-4-2-1-3-5-9/h1-8,19,21H. The number of aromatic hydroxyl groups is 1. The zero-order chi connectivity index (χ0) is 16.6. The lowest BCUT2D eigenvalue weighted by Crippen LogP contribution is -2.31. The number of amides is 2. The van der Waals surface area contributed by atoms with Gasteiger partial charge in [0, 0.05) is 6.08 Å². The molecule has 7 heteroatoms. The molecule has 0 bridgehead atoms. The Morgan fingerprint density at radius 2 is 1.78 bits per heavy atom. The molecule has 0 fully saturated rings. The molecule has 116 valence electrons. The molecule has 0 spiro atoms. The molecule has 2 aromatic carbocycles. The summed E-state index contributed by atoms with van der Waals surface area (Å²) in [5.74, 6) is -2.46. The molecule has 0 atom stereocenters. The van der Waals surface area contributed by atoms with Gasteiger partial charge in [-0.05, 0) is 24.3 Å². The molecule has 0 unspecified atom stereocenters. The number of benzene rings is 2. The van der Waals surface area contributed by atoms with Gasteiger partial charge in [0.2, 0.25) is 0 Å². The molecule has 2 N–H and O–H groups in total. The summed E-state index contributed by atoms with van der Waals surface area (Å²) in [6, 6.07) is 10.8. The van der Waals surface area contributed by atoms with E-state index in [9.17, 15) is 19.1 Å². The lowest BCUT2D eigenvalue weighted by molar-refractivity contribution is -0.120. The summed E-state index contributed by atoms with van der Waals surface area (Å²) in [4.78, 5) is 25.3. The fraction of sp³-hybridized carbons (Fsp3) is 0. The highest BCUT2D eigenvalue weighted by Crippen LogP contribution is 2.32. The topological polar surface area (TPSA) is 69.6 Å². The van der Waals surface area contributed by atoms with Crippen LogP contribution < -0.4 is 10.2 Å². The van der Waals surface area contributed by atoms with Crippen LogP contribution in [0.4, 0.5) is 15.8 Å². The third-order valence-electron chi connectivity index (χ3n) is 3.27. The predicted octanol–water partition coefficient (Wildman–Crippen LogP) is 3.05. The van der Waals surface area contributed by atoms with E-state index < -0.39 is 28.4 Å². The van der Waals surface area contributed by atoms with Crippen LogP contribution in [0, 0.1) is 5.82 Å². The number of hydrogen-bond donors (Lipinski definition) is 2. The van der Waals surface area contributed by atoms with E-state index in [-0.39, 0.29) is 11.4 Å². The molecule has 0 saturated carbocycles. The monoisotopic (exact) mass is 332 g/mol. The molecule has 2 amide bonds. The normalized spacial score (nSPS) is 14.2. The molecule has 23 heavy (non-hydrogen) atoms. The van der Waals surface area contributed by atoms with Crippen molar-refractivity contribution in [3.05, 3.63) is 65.1 Å². The minimum Gasteiger partial charge on any atom is -0.506 e. The van der Waals surface area contributed by atoms with Crippen molar-refractivity contribution in [2.24, 2.45) is 0 Å². The molecule has 1 aliphatic rings. The van der Waals surface area contributed by atoms with Gasteiger partial charge in [-0.2, -0.15) is 0 Å². The highest BCUT2D eigenvalue weighted by Gasteiger charge is 2.32. The maximum Gasteiger partial charge on any atom is 0.281 e. The molecular formula is C16H10ClFN2O3. The number of rotatable bonds is 3. The molecule has 1 aliphatic heterocycles. The third-order valence-corrected chi connectivity index (χ3v) is 3.63. The number of nitrogens with zero attached hydrogens (tertiary/aromatic N) is 1. The first-order chi connectivity index (χ1) is 11.0. The maximum atomic E-state index is 14.0. The van der Waals surface area contributed by atoms with Gasteiger partial charge in [-0.15, -0.1) is 0 Å². The number of halogens is 2. The molecule has 5 nitrogen and oxygen atoms in total. The first-order valence-electron chi connectivity index (χ1n) is 6.58. The van der Waals surface area contributed by atoms with E-state index in [4.69, 9.17) is 11.6 Å². The number of hydrogen-bond acceptors (Lipinski definition) is 4. The van der Waals surface area contributed by atoms with E-state index in [0.29, 0.717) is 5.69 Å². The van der Waals surface area contributed by atoms with Crippen LogP contribution in [-0.2, 0) is 9.59 Å². The SMILES string of the molecule is O=C1C=C(Nc2ccc(O)c(Cl)c2F)C(=O)N1c1ccccc1. The molecule has 0 radical (unpaired) electrons. The van der Waals surface area contributed by atoms with Crippen LogP contribution in [0.15, 0.2) is 54.2 Å². The molecule has 0 aromatic heterocycles. The molecule has 3 rings (SSSR count). The zero-order valence-corrected chi connectivity index (χ0v) is 12.3.